The molecule has 3 aromatic rings. The van der Waals surface area contributed by atoms with Gasteiger partial charge in [-0.05, 0) is 88.6 Å². The van der Waals surface area contributed by atoms with E-state index in [0.29, 0.717) is 38.2 Å². The maximum atomic E-state index is 13.1. The molecule has 1 aliphatic heterocycles. The average Bonchev–Trinajstić information content (AvgIpc) is 2.83. The van der Waals surface area contributed by atoms with E-state index >= 15 is 0 Å². The smallest absolute Gasteiger partial charge is 0.335 e. The molecule has 1 fully saturated rings. The molecule has 0 radical (unpaired) electrons. The van der Waals surface area contributed by atoms with E-state index in [-0.39, 0.29) is 17.9 Å². The number of nitrogens with zero attached hydrogens (tertiary/aromatic N) is 1. The summed E-state index contributed by atoms with van der Waals surface area (Å²) < 4.78 is 12.3. The highest BCUT2D eigenvalue weighted by Crippen LogP contribution is 2.38. The molecule has 10 heteroatoms. The lowest BCUT2D eigenvalue weighted by atomic mass is 10.1. The van der Waals surface area contributed by atoms with Gasteiger partial charge in [-0.25, -0.2) is 9.69 Å². The van der Waals surface area contributed by atoms with Crippen molar-refractivity contribution >= 4 is 68.7 Å². The summed E-state index contributed by atoms with van der Waals surface area (Å²) in [6.07, 6.45) is 1.39. The van der Waals surface area contributed by atoms with Gasteiger partial charge in [-0.15, -0.1) is 0 Å². The summed E-state index contributed by atoms with van der Waals surface area (Å²) in [7, 11) is 0. The van der Waals surface area contributed by atoms with Crippen LogP contribution in [-0.2, 0) is 16.2 Å². The summed E-state index contributed by atoms with van der Waals surface area (Å²) in [6.45, 7) is 2.47. The maximum absolute atomic E-state index is 13.1. The molecule has 1 saturated heterocycles. The zero-order valence-corrected chi connectivity index (χ0v) is 22.0. The second kappa shape index (κ2) is 11.2. The van der Waals surface area contributed by atoms with Crippen LogP contribution in [0, 0.1) is 0 Å². The molecular weight excluding hydrogens is 571 g/mol. The van der Waals surface area contributed by atoms with Gasteiger partial charge in [-0.1, -0.05) is 35.3 Å². The molecule has 184 valence electrons. The number of nitrogens with one attached hydrogen (secondary N) is 1. The van der Waals surface area contributed by atoms with Crippen LogP contribution < -0.4 is 19.7 Å². The fraction of sp³-hybridized carbons (Fsp3) is 0.115. The molecule has 1 heterocycles. The van der Waals surface area contributed by atoms with Crippen LogP contribution in [0.5, 0.6) is 11.5 Å². The Morgan fingerprint density at radius 3 is 2.22 bits per heavy atom. The maximum Gasteiger partial charge on any atom is 0.335 e. The number of benzene rings is 3. The normalized spacial score (nSPS) is 14.7. The fourth-order valence-electron chi connectivity index (χ4n) is 3.46. The van der Waals surface area contributed by atoms with E-state index < -0.39 is 17.8 Å². The van der Waals surface area contributed by atoms with E-state index in [1.807, 2.05) is 19.1 Å². The molecule has 0 unspecified atom stereocenters. The predicted molar refractivity (Wildman–Crippen MR) is 142 cm³/mol. The third-order valence-corrected chi connectivity index (χ3v) is 6.22. The highest BCUT2D eigenvalue weighted by atomic mass is 79.9. The van der Waals surface area contributed by atoms with Crippen LogP contribution in [0.1, 0.15) is 18.1 Å². The molecule has 1 N–H and O–H groups in total. The van der Waals surface area contributed by atoms with Gasteiger partial charge in [0.05, 0.1) is 16.8 Å². The minimum atomic E-state index is -0.841. The third-order valence-electron chi connectivity index (χ3n) is 5.13. The third kappa shape index (κ3) is 5.73. The Hall–Kier alpha value is -3.33. The lowest BCUT2D eigenvalue weighted by molar-refractivity contribution is -0.122. The van der Waals surface area contributed by atoms with Crippen molar-refractivity contribution in [2.45, 2.75) is 13.5 Å². The van der Waals surface area contributed by atoms with Gasteiger partial charge < -0.3 is 9.47 Å². The van der Waals surface area contributed by atoms with E-state index in [1.54, 1.807) is 36.4 Å². The molecule has 7 nitrogen and oxygen atoms in total. The average molecular weight is 590 g/mol. The number of urea groups is 1. The lowest BCUT2D eigenvalue weighted by Gasteiger charge is -2.26. The number of hydrogen-bond acceptors (Lipinski definition) is 5. The highest BCUT2D eigenvalue weighted by Gasteiger charge is 2.36. The van der Waals surface area contributed by atoms with Gasteiger partial charge >= 0.3 is 6.03 Å². The SMILES string of the molecule is CCOc1cc(C=C2C(=O)NC(=O)N(c3ccc(Cl)cc3)C2=O)cc(Br)c1OCc1ccc(Cl)cc1. The predicted octanol–water partition coefficient (Wildman–Crippen LogP) is 6.40. The Bertz CT molecular complexity index is 1360. The van der Waals surface area contributed by atoms with Crippen molar-refractivity contribution in [2.75, 3.05) is 11.5 Å². The molecule has 3 aromatic carbocycles. The lowest BCUT2D eigenvalue weighted by Crippen LogP contribution is -2.54. The van der Waals surface area contributed by atoms with Crippen LogP contribution in [0.2, 0.25) is 10.0 Å². The Balaban J connectivity index is 1.65. The molecule has 0 bridgehead atoms. The number of barbiturate groups is 1. The van der Waals surface area contributed by atoms with E-state index in [0.717, 1.165) is 10.5 Å². The first kappa shape index (κ1) is 25.8. The quantitative estimate of drug-likeness (QED) is 0.255. The van der Waals surface area contributed by atoms with Gasteiger partial charge in [0.15, 0.2) is 11.5 Å². The second-order valence-corrected chi connectivity index (χ2v) is 9.34. The summed E-state index contributed by atoms with van der Waals surface area (Å²) in [5.41, 5.74) is 1.47. The summed E-state index contributed by atoms with van der Waals surface area (Å²) >= 11 is 15.4. The van der Waals surface area contributed by atoms with Crippen LogP contribution in [0.3, 0.4) is 0 Å². The van der Waals surface area contributed by atoms with Crippen molar-refractivity contribution in [1.82, 2.24) is 5.32 Å². The molecule has 1 aliphatic rings. The summed E-state index contributed by atoms with van der Waals surface area (Å²) in [4.78, 5) is 39.0. The van der Waals surface area contributed by atoms with Gasteiger partial charge in [0.1, 0.15) is 12.2 Å². The number of hydrogen-bond donors (Lipinski definition) is 1. The van der Waals surface area contributed by atoms with E-state index in [1.165, 1.54) is 18.2 Å². The topological polar surface area (TPSA) is 84.9 Å². The Morgan fingerprint density at radius 1 is 0.944 bits per heavy atom. The molecule has 0 aliphatic carbocycles. The number of carbonyl (C=O) groups is 3. The van der Waals surface area contributed by atoms with E-state index in [4.69, 9.17) is 32.7 Å². The van der Waals surface area contributed by atoms with Crippen LogP contribution in [-0.4, -0.2) is 24.5 Å². The number of anilines is 1. The van der Waals surface area contributed by atoms with Gasteiger partial charge in [-0.2, -0.15) is 0 Å². The first-order chi connectivity index (χ1) is 17.3. The Morgan fingerprint density at radius 2 is 1.58 bits per heavy atom. The van der Waals surface area contributed by atoms with Crippen molar-refractivity contribution in [1.29, 1.82) is 0 Å². The molecule has 4 rings (SSSR count). The number of carbonyl (C=O) groups excluding carboxylic acids is 3. The van der Waals surface area contributed by atoms with E-state index in [9.17, 15) is 14.4 Å². The number of rotatable bonds is 7. The number of imide groups is 2. The van der Waals surface area contributed by atoms with Gasteiger partial charge in [0, 0.05) is 10.0 Å². The molecule has 0 spiro atoms. The fourth-order valence-corrected chi connectivity index (χ4v) is 4.29. The van der Waals surface area contributed by atoms with Crippen molar-refractivity contribution in [3.05, 3.63) is 91.9 Å². The Kier molecular flexibility index (Phi) is 7.98. The van der Waals surface area contributed by atoms with E-state index in [2.05, 4.69) is 21.2 Å². The summed E-state index contributed by atoms with van der Waals surface area (Å²) in [6, 6.07) is 15.9. The minimum absolute atomic E-state index is 0.214. The first-order valence-electron chi connectivity index (χ1n) is 10.8. The molecular formula is C26H19BrCl2N2O5. The second-order valence-electron chi connectivity index (χ2n) is 7.61. The van der Waals surface area contributed by atoms with Gasteiger partial charge in [0.25, 0.3) is 11.8 Å². The largest absolute Gasteiger partial charge is 0.490 e. The monoisotopic (exact) mass is 588 g/mol. The minimum Gasteiger partial charge on any atom is -0.490 e. The zero-order chi connectivity index (χ0) is 25.8. The summed E-state index contributed by atoms with van der Waals surface area (Å²) in [5.74, 6) is -0.677. The van der Waals surface area contributed by atoms with Gasteiger partial charge in [-0.3, -0.25) is 14.9 Å². The van der Waals surface area contributed by atoms with Crippen LogP contribution in [0.15, 0.2) is 70.7 Å². The zero-order valence-electron chi connectivity index (χ0n) is 18.9. The van der Waals surface area contributed by atoms with Crippen molar-refractivity contribution < 1.29 is 23.9 Å². The summed E-state index contributed by atoms with van der Waals surface area (Å²) in [5, 5.41) is 3.28. The molecule has 0 atom stereocenters. The van der Waals surface area contributed by atoms with Crippen molar-refractivity contribution in [3.63, 3.8) is 0 Å². The number of ether oxygens (including phenoxy) is 2. The highest BCUT2D eigenvalue weighted by molar-refractivity contribution is 9.10. The molecule has 0 saturated carbocycles. The van der Waals surface area contributed by atoms with Crippen LogP contribution in [0.4, 0.5) is 10.5 Å². The van der Waals surface area contributed by atoms with Crippen molar-refractivity contribution in [3.8, 4) is 11.5 Å². The molecule has 4 amide bonds. The van der Waals surface area contributed by atoms with Crippen molar-refractivity contribution in [2.24, 2.45) is 0 Å². The number of halogens is 3. The van der Waals surface area contributed by atoms with Gasteiger partial charge in [0.2, 0.25) is 0 Å². The standard InChI is InChI=1S/C26H19BrCl2N2O5/c1-2-35-22-13-16(12-21(27)23(22)36-14-15-3-5-17(28)6-4-15)11-20-24(32)30-26(34)31(25(20)33)19-9-7-18(29)8-10-19/h3-13H,2,14H2,1H3,(H,30,32,34). The van der Waals surface area contributed by atoms with Crippen LogP contribution >= 0.6 is 39.1 Å². The first-order valence-corrected chi connectivity index (χ1v) is 12.3. The molecule has 0 aromatic heterocycles. The number of amides is 4. The molecule has 36 heavy (non-hydrogen) atoms. The van der Waals surface area contributed by atoms with Crippen LogP contribution in [0.25, 0.3) is 6.08 Å². The Labute approximate surface area is 225 Å².